The zero-order valence-electron chi connectivity index (χ0n) is 13.5. The fourth-order valence-electron chi connectivity index (χ4n) is 2.50. The Labute approximate surface area is 144 Å². The van der Waals surface area contributed by atoms with E-state index in [4.69, 9.17) is 14.2 Å². The summed E-state index contributed by atoms with van der Waals surface area (Å²) in [6.45, 7) is 0.0973. The maximum absolute atomic E-state index is 12.3. The molecule has 1 heterocycles. The van der Waals surface area contributed by atoms with E-state index in [0.717, 1.165) is 0 Å². The molecular weight excluding hydrogens is 326 g/mol. The number of methoxy groups -OCH3 is 1. The number of carbonyl (C=O) groups is 2. The monoisotopic (exact) mass is 343 g/mol. The molecule has 2 atom stereocenters. The molecule has 0 aliphatic carbocycles. The number of rotatable bonds is 5. The molecule has 0 spiro atoms. The fraction of sp³-hybridized carbons (Fsp3) is 0.222. The van der Waals surface area contributed by atoms with Crippen LogP contribution in [0, 0.1) is 0 Å². The van der Waals surface area contributed by atoms with Gasteiger partial charge in [0.1, 0.15) is 6.10 Å². The van der Waals surface area contributed by atoms with E-state index in [0.29, 0.717) is 22.6 Å². The molecule has 2 aromatic carbocycles. The SMILES string of the molecule is COC(=O)[C@@H](NC(=O)c1ccccc1)[C@H](O)c1ccc2c(c1)OCO2. The molecule has 130 valence electrons. The van der Waals surface area contributed by atoms with Crippen LogP contribution in [0.4, 0.5) is 0 Å². The van der Waals surface area contributed by atoms with Gasteiger partial charge in [-0.25, -0.2) is 4.79 Å². The summed E-state index contributed by atoms with van der Waals surface area (Å²) < 4.78 is 15.2. The van der Waals surface area contributed by atoms with Gasteiger partial charge in [-0.2, -0.15) is 0 Å². The first-order valence-electron chi connectivity index (χ1n) is 7.61. The zero-order chi connectivity index (χ0) is 17.8. The van der Waals surface area contributed by atoms with Crippen molar-refractivity contribution in [2.75, 3.05) is 13.9 Å². The maximum Gasteiger partial charge on any atom is 0.331 e. The molecule has 0 bridgehead atoms. The standard InChI is InChI=1S/C18H17NO6/c1-23-18(22)15(19-17(21)11-5-3-2-4-6-11)16(20)12-7-8-13-14(9-12)25-10-24-13/h2-9,15-16,20H,10H2,1H3,(H,19,21)/t15-,16+/m0/s1. The molecule has 25 heavy (non-hydrogen) atoms. The average Bonchev–Trinajstić information content (AvgIpc) is 3.13. The van der Waals surface area contributed by atoms with E-state index in [1.54, 1.807) is 48.5 Å². The lowest BCUT2D eigenvalue weighted by Gasteiger charge is -2.22. The van der Waals surface area contributed by atoms with E-state index >= 15 is 0 Å². The van der Waals surface area contributed by atoms with E-state index in [-0.39, 0.29) is 6.79 Å². The molecule has 1 aliphatic rings. The van der Waals surface area contributed by atoms with Gasteiger partial charge in [0.25, 0.3) is 5.91 Å². The Bertz CT molecular complexity index is 776. The topological polar surface area (TPSA) is 94.1 Å². The number of fused-ring (bicyclic) bond motifs is 1. The molecule has 0 fully saturated rings. The van der Waals surface area contributed by atoms with Crippen molar-refractivity contribution in [3.05, 3.63) is 59.7 Å². The van der Waals surface area contributed by atoms with Crippen LogP contribution in [0.15, 0.2) is 48.5 Å². The van der Waals surface area contributed by atoms with Crippen molar-refractivity contribution < 1.29 is 28.9 Å². The van der Waals surface area contributed by atoms with Crippen LogP contribution in [-0.4, -0.2) is 36.9 Å². The minimum atomic E-state index is -1.31. The molecule has 0 radical (unpaired) electrons. The van der Waals surface area contributed by atoms with Gasteiger partial charge < -0.3 is 24.6 Å². The van der Waals surface area contributed by atoms with Crippen LogP contribution in [0.3, 0.4) is 0 Å². The second kappa shape index (κ2) is 7.23. The summed E-state index contributed by atoms with van der Waals surface area (Å²) in [5.74, 6) is -0.223. The zero-order valence-corrected chi connectivity index (χ0v) is 13.5. The number of hydrogen-bond donors (Lipinski definition) is 2. The van der Waals surface area contributed by atoms with Crippen molar-refractivity contribution in [1.29, 1.82) is 0 Å². The Morgan fingerprint density at radius 3 is 2.56 bits per heavy atom. The Morgan fingerprint density at radius 1 is 1.12 bits per heavy atom. The number of ether oxygens (including phenoxy) is 3. The number of aliphatic hydroxyl groups excluding tert-OH is 1. The predicted octanol–water partition coefficient (Wildman–Crippen LogP) is 1.42. The van der Waals surface area contributed by atoms with Crippen LogP contribution >= 0.6 is 0 Å². The lowest BCUT2D eigenvalue weighted by molar-refractivity contribution is -0.146. The Hall–Kier alpha value is -3.06. The van der Waals surface area contributed by atoms with Crippen molar-refractivity contribution in [1.82, 2.24) is 5.32 Å². The van der Waals surface area contributed by atoms with Crippen LogP contribution in [0.1, 0.15) is 22.0 Å². The van der Waals surface area contributed by atoms with Gasteiger partial charge in [0.15, 0.2) is 17.5 Å². The number of benzene rings is 2. The molecule has 2 N–H and O–H groups in total. The lowest BCUT2D eigenvalue weighted by atomic mass is 10.0. The van der Waals surface area contributed by atoms with Gasteiger partial charge in [0, 0.05) is 5.56 Å². The minimum Gasteiger partial charge on any atom is -0.467 e. The van der Waals surface area contributed by atoms with E-state index in [2.05, 4.69) is 5.32 Å². The molecule has 1 amide bonds. The highest BCUT2D eigenvalue weighted by molar-refractivity contribution is 5.96. The smallest absolute Gasteiger partial charge is 0.331 e. The van der Waals surface area contributed by atoms with E-state index in [1.165, 1.54) is 7.11 Å². The highest BCUT2D eigenvalue weighted by atomic mass is 16.7. The maximum atomic E-state index is 12.3. The van der Waals surface area contributed by atoms with Gasteiger partial charge in [-0.1, -0.05) is 24.3 Å². The largest absolute Gasteiger partial charge is 0.467 e. The third-order valence-electron chi connectivity index (χ3n) is 3.83. The number of amides is 1. The summed E-state index contributed by atoms with van der Waals surface area (Å²) in [7, 11) is 1.19. The molecule has 2 aromatic rings. The predicted molar refractivity (Wildman–Crippen MR) is 87.2 cm³/mol. The van der Waals surface area contributed by atoms with Gasteiger partial charge in [0.2, 0.25) is 6.79 Å². The summed E-state index contributed by atoms with van der Waals surface area (Å²) in [6.07, 6.45) is -1.31. The minimum absolute atomic E-state index is 0.0973. The van der Waals surface area contributed by atoms with E-state index in [1.807, 2.05) is 0 Å². The highest BCUT2D eigenvalue weighted by Crippen LogP contribution is 2.34. The lowest BCUT2D eigenvalue weighted by Crippen LogP contribution is -2.45. The molecule has 7 nitrogen and oxygen atoms in total. The second-order valence-corrected chi connectivity index (χ2v) is 5.40. The molecule has 7 heteroatoms. The summed E-state index contributed by atoms with van der Waals surface area (Å²) in [6, 6.07) is 11.9. The number of carbonyl (C=O) groups excluding carboxylic acids is 2. The Morgan fingerprint density at radius 2 is 1.84 bits per heavy atom. The first-order valence-corrected chi connectivity index (χ1v) is 7.61. The number of nitrogens with one attached hydrogen (secondary N) is 1. The van der Waals surface area contributed by atoms with Gasteiger partial charge in [-0.15, -0.1) is 0 Å². The van der Waals surface area contributed by atoms with Crippen LogP contribution in [0.2, 0.25) is 0 Å². The van der Waals surface area contributed by atoms with Crippen molar-refractivity contribution in [3.63, 3.8) is 0 Å². The third kappa shape index (κ3) is 3.56. The summed E-state index contributed by atoms with van der Waals surface area (Å²) in [5, 5.41) is 13.1. The second-order valence-electron chi connectivity index (χ2n) is 5.40. The van der Waals surface area contributed by atoms with Crippen LogP contribution in [0.5, 0.6) is 11.5 Å². The number of hydrogen-bond acceptors (Lipinski definition) is 6. The Kier molecular flexibility index (Phi) is 4.85. The Balaban J connectivity index is 1.82. The average molecular weight is 343 g/mol. The summed E-state index contributed by atoms with van der Waals surface area (Å²) in [5.41, 5.74) is 0.766. The van der Waals surface area contributed by atoms with Crippen molar-refractivity contribution >= 4 is 11.9 Å². The van der Waals surface area contributed by atoms with E-state index in [9.17, 15) is 14.7 Å². The van der Waals surface area contributed by atoms with Crippen molar-refractivity contribution in [3.8, 4) is 11.5 Å². The normalized spacial score (nSPS) is 14.5. The molecular formula is C18H17NO6. The molecule has 0 saturated heterocycles. The molecule has 0 unspecified atom stereocenters. The quantitative estimate of drug-likeness (QED) is 0.798. The number of aliphatic hydroxyl groups is 1. The van der Waals surface area contributed by atoms with Crippen LogP contribution < -0.4 is 14.8 Å². The highest BCUT2D eigenvalue weighted by Gasteiger charge is 2.32. The first-order chi connectivity index (χ1) is 12.1. The first kappa shape index (κ1) is 16.8. The summed E-state index contributed by atoms with van der Waals surface area (Å²) in [4.78, 5) is 24.4. The van der Waals surface area contributed by atoms with Gasteiger partial charge in [-0.05, 0) is 29.8 Å². The molecule has 3 rings (SSSR count). The van der Waals surface area contributed by atoms with Crippen LogP contribution in [0.25, 0.3) is 0 Å². The van der Waals surface area contributed by atoms with Gasteiger partial charge in [-0.3, -0.25) is 4.79 Å². The molecule has 1 aliphatic heterocycles. The van der Waals surface area contributed by atoms with Crippen molar-refractivity contribution in [2.24, 2.45) is 0 Å². The van der Waals surface area contributed by atoms with Gasteiger partial charge in [0.05, 0.1) is 7.11 Å². The fourth-order valence-corrected chi connectivity index (χ4v) is 2.50. The molecule has 0 saturated carbocycles. The van der Waals surface area contributed by atoms with Gasteiger partial charge >= 0.3 is 5.97 Å². The third-order valence-corrected chi connectivity index (χ3v) is 3.83. The summed E-state index contributed by atoms with van der Waals surface area (Å²) >= 11 is 0. The number of esters is 1. The van der Waals surface area contributed by atoms with Crippen LogP contribution in [-0.2, 0) is 9.53 Å². The van der Waals surface area contributed by atoms with Crippen molar-refractivity contribution in [2.45, 2.75) is 12.1 Å². The van der Waals surface area contributed by atoms with E-state index < -0.39 is 24.0 Å². The molecule has 0 aromatic heterocycles.